The van der Waals surface area contributed by atoms with E-state index in [1.165, 1.54) is 37.2 Å². The predicted molar refractivity (Wildman–Crippen MR) is 90.9 cm³/mol. The van der Waals surface area contributed by atoms with E-state index in [2.05, 4.69) is 53.4 Å². The standard InChI is InChI=1S/C17H23N3S/c1-13(14-6-9-20(2)10-7-14)19-16-5-3-4-15(12-16)17-18-8-11-21-17/h3-5,8,11-14,19H,6-7,9-10H2,1-2H3. The molecule has 2 heterocycles. The zero-order valence-electron chi connectivity index (χ0n) is 12.7. The van der Waals surface area contributed by atoms with Gasteiger partial charge in [0.2, 0.25) is 0 Å². The van der Waals surface area contributed by atoms with Crippen LogP contribution in [0.4, 0.5) is 5.69 Å². The average molecular weight is 301 g/mol. The van der Waals surface area contributed by atoms with Gasteiger partial charge in [-0.3, -0.25) is 0 Å². The van der Waals surface area contributed by atoms with Gasteiger partial charge < -0.3 is 10.2 Å². The molecule has 112 valence electrons. The van der Waals surface area contributed by atoms with Crippen molar-refractivity contribution in [2.24, 2.45) is 5.92 Å². The number of anilines is 1. The van der Waals surface area contributed by atoms with Gasteiger partial charge in [0.05, 0.1) is 0 Å². The van der Waals surface area contributed by atoms with Gasteiger partial charge in [0.15, 0.2) is 0 Å². The van der Waals surface area contributed by atoms with E-state index in [9.17, 15) is 0 Å². The number of piperidine rings is 1. The molecule has 1 aliphatic rings. The molecule has 2 aromatic rings. The highest BCUT2D eigenvalue weighted by molar-refractivity contribution is 7.13. The van der Waals surface area contributed by atoms with E-state index >= 15 is 0 Å². The molecule has 1 aromatic carbocycles. The molecule has 0 spiro atoms. The molecule has 0 aliphatic carbocycles. The summed E-state index contributed by atoms with van der Waals surface area (Å²) in [6.07, 6.45) is 4.44. The number of benzene rings is 1. The Balaban J connectivity index is 1.66. The largest absolute Gasteiger partial charge is 0.382 e. The molecule has 0 bridgehead atoms. The molecular weight excluding hydrogens is 278 g/mol. The minimum Gasteiger partial charge on any atom is -0.382 e. The maximum Gasteiger partial charge on any atom is 0.123 e. The molecule has 3 nitrogen and oxygen atoms in total. The Labute approximate surface area is 131 Å². The molecule has 1 aliphatic heterocycles. The highest BCUT2D eigenvalue weighted by atomic mass is 32.1. The highest BCUT2D eigenvalue weighted by Crippen LogP contribution is 2.27. The second-order valence-corrected chi connectivity index (χ2v) is 6.89. The van der Waals surface area contributed by atoms with Crippen LogP contribution < -0.4 is 5.32 Å². The van der Waals surface area contributed by atoms with Gasteiger partial charge in [-0.15, -0.1) is 11.3 Å². The smallest absolute Gasteiger partial charge is 0.123 e. The fraction of sp³-hybridized carbons (Fsp3) is 0.471. The van der Waals surface area contributed by atoms with Gasteiger partial charge in [-0.05, 0) is 58.0 Å². The van der Waals surface area contributed by atoms with Crippen LogP contribution in [0.5, 0.6) is 0 Å². The summed E-state index contributed by atoms with van der Waals surface area (Å²) in [6, 6.07) is 9.13. The number of likely N-dealkylation sites (tertiary alicyclic amines) is 1. The molecule has 1 unspecified atom stereocenters. The summed E-state index contributed by atoms with van der Waals surface area (Å²) in [5, 5.41) is 6.80. The van der Waals surface area contributed by atoms with Crippen molar-refractivity contribution >= 4 is 17.0 Å². The third-order valence-corrected chi connectivity index (χ3v) is 5.23. The van der Waals surface area contributed by atoms with Crippen molar-refractivity contribution in [2.75, 3.05) is 25.5 Å². The summed E-state index contributed by atoms with van der Waals surface area (Å²) in [4.78, 5) is 6.81. The summed E-state index contributed by atoms with van der Waals surface area (Å²) in [5.41, 5.74) is 2.40. The first-order chi connectivity index (χ1) is 10.2. The van der Waals surface area contributed by atoms with Crippen LogP contribution >= 0.6 is 11.3 Å². The van der Waals surface area contributed by atoms with Crippen molar-refractivity contribution in [3.05, 3.63) is 35.8 Å². The Morgan fingerprint density at radius 2 is 2.14 bits per heavy atom. The zero-order valence-corrected chi connectivity index (χ0v) is 13.6. The fourth-order valence-corrected chi connectivity index (χ4v) is 3.65. The first-order valence-electron chi connectivity index (χ1n) is 7.67. The lowest BCUT2D eigenvalue weighted by Gasteiger charge is -2.33. The van der Waals surface area contributed by atoms with Gasteiger partial charge in [-0.2, -0.15) is 0 Å². The van der Waals surface area contributed by atoms with E-state index in [-0.39, 0.29) is 0 Å². The van der Waals surface area contributed by atoms with Gasteiger partial charge in [-0.1, -0.05) is 12.1 Å². The highest BCUT2D eigenvalue weighted by Gasteiger charge is 2.22. The molecular formula is C17H23N3S. The third kappa shape index (κ3) is 3.63. The summed E-state index contributed by atoms with van der Waals surface area (Å²) < 4.78 is 0. The number of nitrogens with one attached hydrogen (secondary N) is 1. The molecule has 21 heavy (non-hydrogen) atoms. The van der Waals surface area contributed by atoms with Crippen molar-refractivity contribution in [1.29, 1.82) is 0 Å². The molecule has 1 N–H and O–H groups in total. The molecule has 1 atom stereocenters. The summed E-state index contributed by atoms with van der Waals surface area (Å²) in [5.74, 6) is 0.768. The molecule has 1 fully saturated rings. The maximum atomic E-state index is 4.39. The van der Waals surface area contributed by atoms with Crippen LogP contribution in [0.1, 0.15) is 19.8 Å². The topological polar surface area (TPSA) is 28.2 Å². The van der Waals surface area contributed by atoms with E-state index in [4.69, 9.17) is 0 Å². The van der Waals surface area contributed by atoms with E-state index in [0.717, 1.165) is 10.9 Å². The van der Waals surface area contributed by atoms with Crippen LogP contribution in [0.25, 0.3) is 10.6 Å². The molecule has 3 rings (SSSR count). The molecule has 1 aromatic heterocycles. The Hall–Kier alpha value is -1.39. The van der Waals surface area contributed by atoms with Gasteiger partial charge in [-0.25, -0.2) is 4.98 Å². The summed E-state index contributed by atoms with van der Waals surface area (Å²) >= 11 is 1.69. The average Bonchev–Trinajstić information content (AvgIpc) is 3.02. The van der Waals surface area contributed by atoms with Crippen molar-refractivity contribution < 1.29 is 0 Å². The molecule has 1 saturated heterocycles. The molecule has 0 amide bonds. The molecule has 4 heteroatoms. The number of hydrogen-bond acceptors (Lipinski definition) is 4. The van der Waals surface area contributed by atoms with E-state index in [1.54, 1.807) is 11.3 Å². The quantitative estimate of drug-likeness (QED) is 0.926. The second kappa shape index (κ2) is 6.58. The van der Waals surface area contributed by atoms with Crippen molar-refractivity contribution in [3.63, 3.8) is 0 Å². The number of thiazole rings is 1. The van der Waals surface area contributed by atoms with E-state index < -0.39 is 0 Å². The van der Waals surface area contributed by atoms with Crippen LogP contribution in [-0.2, 0) is 0 Å². The normalized spacial score (nSPS) is 18.6. The SMILES string of the molecule is CC(Nc1cccc(-c2nccs2)c1)C1CCN(C)CC1. The van der Waals surface area contributed by atoms with Gasteiger partial charge in [0.1, 0.15) is 5.01 Å². The van der Waals surface area contributed by atoms with Gasteiger partial charge in [0.25, 0.3) is 0 Å². The van der Waals surface area contributed by atoms with Crippen LogP contribution in [0, 0.1) is 5.92 Å². The van der Waals surface area contributed by atoms with Gasteiger partial charge in [0, 0.05) is 28.9 Å². The van der Waals surface area contributed by atoms with Crippen molar-refractivity contribution in [1.82, 2.24) is 9.88 Å². The Morgan fingerprint density at radius 1 is 1.33 bits per heavy atom. The Bertz CT molecular complexity index is 559. The lowest BCUT2D eigenvalue weighted by atomic mass is 9.90. The fourth-order valence-electron chi connectivity index (χ4n) is 3.02. The van der Waals surface area contributed by atoms with Crippen molar-refractivity contribution in [2.45, 2.75) is 25.8 Å². The van der Waals surface area contributed by atoms with Crippen molar-refractivity contribution in [3.8, 4) is 10.6 Å². The lowest BCUT2D eigenvalue weighted by molar-refractivity contribution is 0.208. The molecule has 0 radical (unpaired) electrons. The minimum atomic E-state index is 0.519. The summed E-state index contributed by atoms with van der Waals surface area (Å²) in [7, 11) is 2.21. The number of aromatic nitrogens is 1. The van der Waals surface area contributed by atoms with Crippen LogP contribution in [0.2, 0.25) is 0 Å². The number of rotatable bonds is 4. The van der Waals surface area contributed by atoms with E-state index in [0.29, 0.717) is 6.04 Å². The Morgan fingerprint density at radius 3 is 2.86 bits per heavy atom. The zero-order chi connectivity index (χ0) is 14.7. The maximum absolute atomic E-state index is 4.39. The van der Waals surface area contributed by atoms with Gasteiger partial charge >= 0.3 is 0 Å². The van der Waals surface area contributed by atoms with Crippen LogP contribution in [0.15, 0.2) is 35.8 Å². The first kappa shape index (κ1) is 14.5. The first-order valence-corrected chi connectivity index (χ1v) is 8.55. The monoisotopic (exact) mass is 301 g/mol. The predicted octanol–water partition coefficient (Wildman–Crippen LogP) is 3.95. The second-order valence-electron chi connectivity index (χ2n) is 5.99. The summed E-state index contributed by atoms with van der Waals surface area (Å²) in [6.45, 7) is 4.75. The van der Waals surface area contributed by atoms with Crippen LogP contribution in [0.3, 0.4) is 0 Å². The number of hydrogen-bond donors (Lipinski definition) is 1. The lowest BCUT2D eigenvalue weighted by Crippen LogP contribution is -2.37. The van der Waals surface area contributed by atoms with E-state index in [1.807, 2.05) is 11.6 Å². The van der Waals surface area contributed by atoms with Crippen LogP contribution in [-0.4, -0.2) is 36.1 Å². The number of nitrogens with zero attached hydrogens (tertiary/aromatic N) is 2. The minimum absolute atomic E-state index is 0.519. The Kier molecular flexibility index (Phi) is 4.56. The molecule has 0 saturated carbocycles. The third-order valence-electron chi connectivity index (χ3n) is 4.41.